The van der Waals surface area contributed by atoms with Crippen LogP contribution in [0.5, 0.6) is 5.75 Å². The highest BCUT2D eigenvalue weighted by molar-refractivity contribution is 5.79. The van der Waals surface area contributed by atoms with Gasteiger partial charge in [-0.1, -0.05) is 0 Å². The number of ether oxygens (including phenoxy) is 1. The van der Waals surface area contributed by atoms with Gasteiger partial charge in [0.05, 0.1) is 42.9 Å². The molecular formula is C23H20F4N6O2. The molecule has 1 atom stereocenters. The van der Waals surface area contributed by atoms with Crippen LogP contribution in [0.3, 0.4) is 0 Å². The molecule has 1 aromatic carbocycles. The van der Waals surface area contributed by atoms with Gasteiger partial charge in [-0.2, -0.15) is 10.2 Å². The van der Waals surface area contributed by atoms with E-state index >= 15 is 0 Å². The summed E-state index contributed by atoms with van der Waals surface area (Å²) in [7, 11) is 1.75. The molecule has 0 N–H and O–H groups in total. The lowest BCUT2D eigenvalue weighted by atomic mass is 10.0. The van der Waals surface area contributed by atoms with Gasteiger partial charge in [-0.3, -0.25) is 9.67 Å². The molecule has 4 heterocycles. The van der Waals surface area contributed by atoms with Crippen LogP contribution in [-0.4, -0.2) is 56.1 Å². The van der Waals surface area contributed by atoms with Gasteiger partial charge in [0.15, 0.2) is 23.2 Å². The summed E-state index contributed by atoms with van der Waals surface area (Å²) in [6.45, 7) is 2.11. The second-order valence-corrected chi connectivity index (χ2v) is 8.41. The summed E-state index contributed by atoms with van der Waals surface area (Å²) in [5.41, 5.74) is 1.79. The van der Waals surface area contributed by atoms with Crippen molar-refractivity contribution in [3.05, 3.63) is 65.0 Å². The predicted molar refractivity (Wildman–Crippen MR) is 117 cm³/mol. The molecule has 0 spiro atoms. The van der Waals surface area contributed by atoms with E-state index in [1.165, 1.54) is 17.2 Å². The van der Waals surface area contributed by atoms with Gasteiger partial charge in [0.1, 0.15) is 11.9 Å². The molecule has 5 rings (SSSR count). The molecule has 2 aromatic heterocycles. The van der Waals surface area contributed by atoms with E-state index in [0.717, 1.165) is 28.5 Å². The Balaban J connectivity index is 1.26. The Morgan fingerprint density at radius 3 is 2.57 bits per heavy atom. The Kier molecular flexibility index (Phi) is 5.65. The molecule has 0 saturated carbocycles. The third-order valence-corrected chi connectivity index (χ3v) is 6.00. The molecule has 35 heavy (non-hydrogen) atoms. The lowest BCUT2D eigenvalue weighted by molar-refractivity contribution is 0.0255. The van der Waals surface area contributed by atoms with Crippen molar-refractivity contribution in [1.82, 2.24) is 24.7 Å². The number of rotatable bonds is 4. The number of benzene rings is 1. The molecule has 1 fully saturated rings. The topological polar surface area (TPSA) is 75.8 Å². The summed E-state index contributed by atoms with van der Waals surface area (Å²) in [5, 5.41) is 9.11. The summed E-state index contributed by atoms with van der Waals surface area (Å²) < 4.78 is 63.4. The number of amides is 2. The average molecular weight is 488 g/mol. The Morgan fingerprint density at radius 1 is 1.09 bits per heavy atom. The van der Waals surface area contributed by atoms with E-state index in [2.05, 4.69) is 15.2 Å². The van der Waals surface area contributed by atoms with Crippen LogP contribution in [0, 0.1) is 30.2 Å². The molecule has 0 bridgehead atoms. The third kappa shape index (κ3) is 4.08. The number of carbonyl (C=O) groups is 1. The number of aryl methyl sites for hydroxylation is 2. The number of aromatic nitrogens is 3. The minimum atomic E-state index is -1.34. The van der Waals surface area contributed by atoms with Crippen LogP contribution in [-0.2, 0) is 7.05 Å². The molecule has 12 heteroatoms. The predicted octanol–water partition coefficient (Wildman–Crippen LogP) is 3.96. The standard InChI is InChI=1S/C23H20F4N6O2/c1-12-8-30-31(2)22(12)18-7-20(17(26)9-28-18)35-14-10-32(11-14)23(34)33-19(3-4-29-33)15-5-13(24)6-16(25)21(15)27/h4-9,14,19H,3,10-11H2,1-2H3. The van der Waals surface area contributed by atoms with Crippen LogP contribution < -0.4 is 4.74 Å². The van der Waals surface area contributed by atoms with Gasteiger partial charge in [-0.25, -0.2) is 27.4 Å². The van der Waals surface area contributed by atoms with E-state index in [9.17, 15) is 22.4 Å². The first-order valence-corrected chi connectivity index (χ1v) is 10.8. The van der Waals surface area contributed by atoms with Crippen LogP contribution in [0.1, 0.15) is 23.6 Å². The van der Waals surface area contributed by atoms with Crippen LogP contribution in [0.2, 0.25) is 0 Å². The van der Waals surface area contributed by atoms with Crippen molar-refractivity contribution in [2.75, 3.05) is 13.1 Å². The van der Waals surface area contributed by atoms with Crippen molar-refractivity contribution >= 4 is 12.2 Å². The van der Waals surface area contributed by atoms with Crippen LogP contribution in [0.4, 0.5) is 22.4 Å². The summed E-state index contributed by atoms with van der Waals surface area (Å²) in [6.07, 6.45) is 3.73. The molecule has 0 radical (unpaired) electrons. The van der Waals surface area contributed by atoms with Crippen LogP contribution >= 0.6 is 0 Å². The fourth-order valence-corrected chi connectivity index (χ4v) is 4.22. The van der Waals surface area contributed by atoms with E-state index < -0.39 is 41.4 Å². The van der Waals surface area contributed by atoms with Gasteiger partial charge in [0.25, 0.3) is 0 Å². The average Bonchev–Trinajstić information content (AvgIpc) is 3.40. The van der Waals surface area contributed by atoms with E-state index in [1.807, 2.05) is 6.92 Å². The number of hydrogen-bond acceptors (Lipinski definition) is 5. The highest BCUT2D eigenvalue weighted by Crippen LogP contribution is 2.34. The third-order valence-electron chi connectivity index (χ3n) is 6.00. The SMILES string of the molecule is Cc1cnn(C)c1-c1cc(OC2CN(C(=O)N3N=CCC3c3cc(F)cc(F)c3F)C2)c(F)cn1. The minimum Gasteiger partial charge on any atom is -0.483 e. The molecule has 8 nitrogen and oxygen atoms in total. The van der Waals surface area contributed by atoms with Crippen molar-refractivity contribution in [2.24, 2.45) is 12.1 Å². The lowest BCUT2D eigenvalue weighted by Gasteiger charge is -2.41. The first-order valence-electron chi connectivity index (χ1n) is 10.8. The molecule has 0 aliphatic carbocycles. The van der Waals surface area contributed by atoms with Gasteiger partial charge >= 0.3 is 6.03 Å². The zero-order valence-electron chi connectivity index (χ0n) is 18.8. The molecule has 3 aromatic rings. The van der Waals surface area contributed by atoms with Crippen molar-refractivity contribution in [1.29, 1.82) is 0 Å². The zero-order chi connectivity index (χ0) is 24.9. The van der Waals surface area contributed by atoms with Gasteiger partial charge in [-0.05, 0) is 18.6 Å². The quantitative estimate of drug-likeness (QED) is 0.412. The summed E-state index contributed by atoms with van der Waals surface area (Å²) in [6, 6.07) is 1.22. The van der Waals surface area contributed by atoms with Crippen molar-refractivity contribution < 1.29 is 27.1 Å². The zero-order valence-corrected chi connectivity index (χ0v) is 18.8. The molecular weight excluding hydrogens is 468 g/mol. The smallest absolute Gasteiger partial charge is 0.341 e. The Hall–Kier alpha value is -3.96. The number of hydrazone groups is 1. The molecule has 2 amide bonds. The van der Waals surface area contributed by atoms with Gasteiger partial charge < -0.3 is 9.64 Å². The van der Waals surface area contributed by atoms with Gasteiger partial charge in [0, 0.05) is 37.4 Å². The van der Waals surface area contributed by atoms with Crippen molar-refractivity contribution in [2.45, 2.75) is 25.5 Å². The number of pyridine rings is 1. The summed E-state index contributed by atoms with van der Waals surface area (Å²) >= 11 is 0. The van der Waals surface area contributed by atoms with Crippen LogP contribution in [0.25, 0.3) is 11.4 Å². The highest BCUT2D eigenvalue weighted by Gasteiger charge is 2.40. The van der Waals surface area contributed by atoms with Crippen LogP contribution in [0.15, 0.2) is 35.7 Å². The number of nitrogens with zero attached hydrogens (tertiary/aromatic N) is 6. The fourth-order valence-electron chi connectivity index (χ4n) is 4.22. The second kappa shape index (κ2) is 8.67. The van der Waals surface area contributed by atoms with E-state index in [0.29, 0.717) is 11.8 Å². The molecule has 2 aliphatic heterocycles. The summed E-state index contributed by atoms with van der Waals surface area (Å²) in [4.78, 5) is 18.4. The minimum absolute atomic E-state index is 0.0120. The fraction of sp³-hybridized carbons (Fsp3) is 0.304. The van der Waals surface area contributed by atoms with E-state index in [4.69, 9.17) is 4.74 Å². The largest absolute Gasteiger partial charge is 0.483 e. The molecule has 1 unspecified atom stereocenters. The van der Waals surface area contributed by atoms with E-state index in [1.54, 1.807) is 17.9 Å². The van der Waals surface area contributed by atoms with Gasteiger partial charge in [0.2, 0.25) is 0 Å². The second-order valence-electron chi connectivity index (χ2n) is 8.41. The molecule has 182 valence electrons. The number of urea groups is 1. The number of likely N-dealkylation sites (tertiary alicyclic amines) is 1. The number of hydrogen-bond donors (Lipinski definition) is 0. The normalized spacial score (nSPS) is 17.7. The van der Waals surface area contributed by atoms with Gasteiger partial charge in [-0.15, -0.1) is 0 Å². The van der Waals surface area contributed by atoms with Crippen molar-refractivity contribution in [3.8, 4) is 17.1 Å². The summed E-state index contributed by atoms with van der Waals surface area (Å²) in [5.74, 6) is -4.17. The van der Waals surface area contributed by atoms with E-state index in [-0.39, 0.29) is 30.8 Å². The Bertz CT molecular complexity index is 1320. The van der Waals surface area contributed by atoms with Crippen molar-refractivity contribution in [3.63, 3.8) is 0 Å². The maximum atomic E-state index is 14.4. The Morgan fingerprint density at radius 2 is 1.86 bits per heavy atom. The first kappa shape index (κ1) is 22.8. The Labute approximate surface area is 197 Å². The highest BCUT2D eigenvalue weighted by atomic mass is 19.2. The first-order chi connectivity index (χ1) is 16.7. The molecule has 2 aliphatic rings. The maximum absolute atomic E-state index is 14.4. The maximum Gasteiger partial charge on any atom is 0.341 e. The number of carbonyl (C=O) groups excluding carboxylic acids is 1. The monoisotopic (exact) mass is 488 g/mol. The lowest BCUT2D eigenvalue weighted by Crippen LogP contribution is -2.59. The molecule has 1 saturated heterocycles. The number of halogens is 4.